The van der Waals surface area contributed by atoms with E-state index >= 15 is 0 Å². The average Bonchev–Trinajstić information content (AvgIpc) is 2.88. The van der Waals surface area contributed by atoms with E-state index in [2.05, 4.69) is 29.5 Å². The monoisotopic (exact) mass is 237 g/mol. The summed E-state index contributed by atoms with van der Waals surface area (Å²) >= 11 is 0. The van der Waals surface area contributed by atoms with Gasteiger partial charge < -0.3 is 10.6 Å². The molecular weight excluding hydrogens is 210 g/mol. The zero-order chi connectivity index (χ0) is 13.4. The second-order valence-corrected chi connectivity index (χ2v) is 3.48. The van der Waals surface area contributed by atoms with Crippen molar-refractivity contribution in [3.05, 3.63) is 22.4 Å². The van der Waals surface area contributed by atoms with E-state index in [1.165, 1.54) is 16.7 Å². The van der Waals surface area contributed by atoms with Gasteiger partial charge in [-0.05, 0) is 25.0 Å². The van der Waals surface area contributed by atoms with Gasteiger partial charge in [0.25, 0.3) is 0 Å². The SMILES string of the molecule is CC.CC.CNc1nc(C)c(C)c2c1CNC2. The third-order valence-corrected chi connectivity index (χ3v) is 2.77. The normalized spacial score (nSPS) is 11.7. The standard InChI is InChI=1S/C10H15N3.2C2H6/c1-6-7(2)13-10(11-3)9-5-12-4-8(6)9;2*1-2/h12H,4-5H2,1-3H3,(H,11,13);2*1-2H3. The molecule has 2 rings (SSSR count). The third-order valence-electron chi connectivity index (χ3n) is 2.77. The van der Waals surface area contributed by atoms with Crippen LogP contribution >= 0.6 is 0 Å². The van der Waals surface area contributed by atoms with E-state index in [9.17, 15) is 0 Å². The minimum absolute atomic E-state index is 0.944. The summed E-state index contributed by atoms with van der Waals surface area (Å²) in [5.41, 5.74) is 5.23. The number of anilines is 1. The summed E-state index contributed by atoms with van der Waals surface area (Å²) in [4.78, 5) is 4.51. The lowest BCUT2D eigenvalue weighted by Gasteiger charge is -2.11. The molecule has 17 heavy (non-hydrogen) atoms. The molecule has 2 heterocycles. The molecule has 0 amide bonds. The van der Waals surface area contributed by atoms with Gasteiger partial charge in [-0.25, -0.2) is 4.98 Å². The smallest absolute Gasteiger partial charge is 0.130 e. The summed E-state index contributed by atoms with van der Waals surface area (Å²) < 4.78 is 0. The lowest BCUT2D eigenvalue weighted by molar-refractivity contribution is 0.763. The molecule has 2 N–H and O–H groups in total. The summed E-state index contributed by atoms with van der Waals surface area (Å²) in [6, 6.07) is 0. The first kappa shape index (κ1) is 15.9. The maximum Gasteiger partial charge on any atom is 0.130 e. The second kappa shape index (κ2) is 8.07. The van der Waals surface area contributed by atoms with Crippen LogP contribution in [0.15, 0.2) is 0 Å². The summed E-state index contributed by atoms with van der Waals surface area (Å²) in [6.45, 7) is 14.1. The van der Waals surface area contributed by atoms with Crippen LogP contribution in [-0.4, -0.2) is 12.0 Å². The zero-order valence-electron chi connectivity index (χ0n) is 12.4. The molecule has 3 nitrogen and oxygen atoms in total. The van der Waals surface area contributed by atoms with E-state index in [1.54, 1.807) is 0 Å². The highest BCUT2D eigenvalue weighted by atomic mass is 15.0. The van der Waals surface area contributed by atoms with E-state index in [1.807, 2.05) is 34.7 Å². The minimum Gasteiger partial charge on any atom is -0.373 e. The van der Waals surface area contributed by atoms with Crippen molar-refractivity contribution in [2.24, 2.45) is 0 Å². The quantitative estimate of drug-likeness (QED) is 0.786. The molecule has 0 aromatic carbocycles. The molecule has 1 aliphatic rings. The van der Waals surface area contributed by atoms with Crippen molar-refractivity contribution in [3.63, 3.8) is 0 Å². The Kier molecular flexibility index (Phi) is 7.55. The highest BCUT2D eigenvalue weighted by molar-refractivity contribution is 5.54. The average molecular weight is 237 g/mol. The number of fused-ring (bicyclic) bond motifs is 1. The number of nitrogens with zero attached hydrogens (tertiary/aromatic N) is 1. The molecule has 0 bridgehead atoms. The van der Waals surface area contributed by atoms with Crippen molar-refractivity contribution < 1.29 is 0 Å². The van der Waals surface area contributed by atoms with Gasteiger partial charge in [0.1, 0.15) is 5.82 Å². The maximum atomic E-state index is 4.51. The van der Waals surface area contributed by atoms with Gasteiger partial charge in [0.2, 0.25) is 0 Å². The Balaban J connectivity index is 0.000000581. The molecule has 0 spiro atoms. The fourth-order valence-corrected chi connectivity index (χ4v) is 1.86. The van der Waals surface area contributed by atoms with E-state index < -0.39 is 0 Å². The number of pyridine rings is 1. The van der Waals surface area contributed by atoms with Crippen molar-refractivity contribution in [3.8, 4) is 0 Å². The van der Waals surface area contributed by atoms with Gasteiger partial charge >= 0.3 is 0 Å². The number of nitrogens with one attached hydrogen (secondary N) is 2. The van der Waals surface area contributed by atoms with Gasteiger partial charge in [0.05, 0.1) is 0 Å². The zero-order valence-corrected chi connectivity index (χ0v) is 12.4. The number of aryl methyl sites for hydroxylation is 1. The second-order valence-electron chi connectivity index (χ2n) is 3.48. The number of rotatable bonds is 1. The van der Waals surface area contributed by atoms with E-state index in [4.69, 9.17) is 0 Å². The molecule has 98 valence electrons. The van der Waals surface area contributed by atoms with Gasteiger partial charge in [0.15, 0.2) is 0 Å². The van der Waals surface area contributed by atoms with Crippen LogP contribution in [0.1, 0.15) is 50.1 Å². The van der Waals surface area contributed by atoms with Crippen LogP contribution in [0.4, 0.5) is 5.82 Å². The molecule has 0 saturated heterocycles. The van der Waals surface area contributed by atoms with Crippen LogP contribution in [0.3, 0.4) is 0 Å². The first-order valence-corrected chi connectivity index (χ1v) is 6.61. The van der Waals surface area contributed by atoms with Crippen LogP contribution in [-0.2, 0) is 13.1 Å². The maximum absolute atomic E-state index is 4.51. The lowest BCUT2D eigenvalue weighted by atomic mass is 10.0. The van der Waals surface area contributed by atoms with Gasteiger partial charge in [-0.2, -0.15) is 0 Å². The molecule has 0 saturated carbocycles. The minimum atomic E-state index is 0.944. The summed E-state index contributed by atoms with van der Waals surface area (Å²) in [5, 5.41) is 6.49. The Hall–Kier alpha value is -1.09. The Morgan fingerprint density at radius 1 is 1.00 bits per heavy atom. The summed E-state index contributed by atoms with van der Waals surface area (Å²) in [5.74, 6) is 1.03. The highest BCUT2D eigenvalue weighted by Gasteiger charge is 2.18. The number of hydrogen-bond acceptors (Lipinski definition) is 3. The predicted octanol–water partition coefficient (Wildman–Crippen LogP) is 3.40. The van der Waals surface area contributed by atoms with E-state index in [0.29, 0.717) is 0 Å². The largest absolute Gasteiger partial charge is 0.373 e. The third kappa shape index (κ3) is 3.43. The van der Waals surface area contributed by atoms with Crippen LogP contribution < -0.4 is 10.6 Å². The molecule has 1 aliphatic heterocycles. The van der Waals surface area contributed by atoms with Gasteiger partial charge in [-0.15, -0.1) is 0 Å². The van der Waals surface area contributed by atoms with Crippen molar-refractivity contribution in [2.45, 2.75) is 54.6 Å². The van der Waals surface area contributed by atoms with Crippen LogP contribution in [0, 0.1) is 13.8 Å². The molecule has 0 atom stereocenters. The first-order chi connectivity index (χ1) is 8.24. The Morgan fingerprint density at radius 3 is 2.06 bits per heavy atom. The van der Waals surface area contributed by atoms with Gasteiger partial charge in [-0.1, -0.05) is 27.7 Å². The molecule has 1 aromatic rings. The number of aromatic nitrogens is 1. The topological polar surface area (TPSA) is 37.0 Å². The molecule has 0 radical (unpaired) electrons. The molecule has 0 unspecified atom stereocenters. The van der Waals surface area contributed by atoms with Crippen LogP contribution in [0.5, 0.6) is 0 Å². The molecular formula is C14H27N3. The molecule has 3 heteroatoms. The first-order valence-electron chi connectivity index (χ1n) is 6.61. The van der Waals surface area contributed by atoms with Crippen molar-refractivity contribution in [1.29, 1.82) is 0 Å². The predicted molar refractivity (Wildman–Crippen MR) is 76.5 cm³/mol. The Bertz CT molecular complexity index is 346. The van der Waals surface area contributed by atoms with Crippen molar-refractivity contribution in [2.75, 3.05) is 12.4 Å². The fraction of sp³-hybridized carbons (Fsp3) is 0.643. The Morgan fingerprint density at radius 2 is 1.53 bits per heavy atom. The molecule has 0 fully saturated rings. The fourth-order valence-electron chi connectivity index (χ4n) is 1.86. The molecule has 1 aromatic heterocycles. The summed E-state index contributed by atoms with van der Waals surface area (Å²) in [7, 11) is 1.93. The Labute approximate surface area is 106 Å². The van der Waals surface area contributed by atoms with Gasteiger partial charge in [-0.3, -0.25) is 0 Å². The van der Waals surface area contributed by atoms with Crippen LogP contribution in [0.2, 0.25) is 0 Å². The van der Waals surface area contributed by atoms with E-state index in [-0.39, 0.29) is 0 Å². The number of hydrogen-bond donors (Lipinski definition) is 2. The lowest BCUT2D eigenvalue weighted by Crippen LogP contribution is -2.03. The highest BCUT2D eigenvalue weighted by Crippen LogP contribution is 2.26. The van der Waals surface area contributed by atoms with Crippen LogP contribution in [0.25, 0.3) is 0 Å². The van der Waals surface area contributed by atoms with Crippen molar-refractivity contribution in [1.82, 2.24) is 10.3 Å². The summed E-state index contributed by atoms with van der Waals surface area (Å²) in [6.07, 6.45) is 0. The van der Waals surface area contributed by atoms with Gasteiger partial charge in [0, 0.05) is 31.4 Å². The van der Waals surface area contributed by atoms with E-state index in [0.717, 1.165) is 24.6 Å². The van der Waals surface area contributed by atoms with Crippen molar-refractivity contribution >= 4 is 5.82 Å². The molecule has 0 aliphatic carbocycles.